The zero-order valence-corrected chi connectivity index (χ0v) is 21.7. The molecule has 0 spiro atoms. The van der Waals surface area contributed by atoms with E-state index < -0.39 is 5.60 Å². The Hall–Kier alpha value is -3.22. The lowest BCUT2D eigenvalue weighted by atomic mass is 9.82. The molecule has 1 N–H and O–H groups in total. The molecule has 188 valence electrons. The van der Waals surface area contributed by atoms with Gasteiger partial charge in [-0.25, -0.2) is 4.79 Å². The van der Waals surface area contributed by atoms with Crippen LogP contribution < -0.4 is 15.1 Å². The van der Waals surface area contributed by atoms with Crippen molar-refractivity contribution in [1.82, 2.24) is 4.90 Å². The van der Waals surface area contributed by atoms with E-state index in [1.54, 1.807) is 11.8 Å². The van der Waals surface area contributed by atoms with Crippen molar-refractivity contribution >= 4 is 29.1 Å². The molecule has 1 saturated heterocycles. The number of piperazine rings is 1. The minimum atomic E-state index is -0.484. The van der Waals surface area contributed by atoms with Crippen molar-refractivity contribution in [2.45, 2.75) is 59.2 Å². The molecule has 2 aromatic rings. The number of amides is 2. The number of ether oxygens (including phenoxy) is 1. The largest absolute Gasteiger partial charge is 0.444 e. The molecule has 2 amide bonds. The number of fused-ring (bicyclic) bond motifs is 1. The van der Waals surface area contributed by atoms with Crippen molar-refractivity contribution in [1.29, 1.82) is 0 Å². The van der Waals surface area contributed by atoms with E-state index in [2.05, 4.69) is 54.4 Å². The van der Waals surface area contributed by atoms with Crippen LogP contribution in [0.15, 0.2) is 48.5 Å². The topological polar surface area (TPSA) is 65.1 Å². The van der Waals surface area contributed by atoms with Crippen LogP contribution >= 0.6 is 0 Å². The molecule has 3 atom stereocenters. The Morgan fingerprint density at radius 3 is 2.31 bits per heavy atom. The first-order valence-corrected chi connectivity index (χ1v) is 12.5. The smallest absolute Gasteiger partial charge is 0.410 e. The summed E-state index contributed by atoms with van der Waals surface area (Å²) < 4.78 is 5.53. The van der Waals surface area contributed by atoms with Gasteiger partial charge in [-0.1, -0.05) is 31.2 Å². The number of hydrogen-bond acceptors (Lipinski definition) is 5. The molecule has 1 fully saturated rings. The average Bonchev–Trinajstić information content (AvgIpc) is 2.81. The third-order valence-electron chi connectivity index (χ3n) is 7.03. The number of nitrogens with zero attached hydrogens (tertiary/aromatic N) is 3. The zero-order valence-electron chi connectivity index (χ0n) is 21.7. The second-order valence-electron chi connectivity index (χ2n) is 10.7. The van der Waals surface area contributed by atoms with Crippen molar-refractivity contribution in [3.8, 4) is 0 Å². The summed E-state index contributed by atoms with van der Waals surface area (Å²) in [7, 11) is 0. The van der Waals surface area contributed by atoms with Crippen molar-refractivity contribution in [2.75, 3.05) is 41.3 Å². The van der Waals surface area contributed by atoms with Crippen LogP contribution in [0.25, 0.3) is 0 Å². The van der Waals surface area contributed by atoms with Crippen LogP contribution in [-0.4, -0.2) is 54.7 Å². The average molecular weight is 479 g/mol. The Kier molecular flexibility index (Phi) is 6.97. The fourth-order valence-corrected chi connectivity index (χ4v) is 5.10. The molecule has 0 bridgehead atoms. The highest BCUT2D eigenvalue weighted by Crippen LogP contribution is 2.42. The van der Waals surface area contributed by atoms with Gasteiger partial charge in [-0.15, -0.1) is 0 Å². The van der Waals surface area contributed by atoms with Crippen LogP contribution in [0.2, 0.25) is 0 Å². The van der Waals surface area contributed by atoms with E-state index in [4.69, 9.17) is 4.74 Å². The molecule has 0 aliphatic carbocycles. The van der Waals surface area contributed by atoms with Crippen LogP contribution in [0.5, 0.6) is 0 Å². The summed E-state index contributed by atoms with van der Waals surface area (Å²) in [6, 6.07) is 16.8. The van der Waals surface area contributed by atoms with E-state index in [0.717, 1.165) is 35.7 Å². The Morgan fingerprint density at radius 2 is 1.66 bits per heavy atom. The summed E-state index contributed by atoms with van der Waals surface area (Å²) in [6.45, 7) is 14.4. The summed E-state index contributed by atoms with van der Waals surface area (Å²) in [5, 5.41) is 3.76. The van der Waals surface area contributed by atoms with Crippen LogP contribution in [0.4, 0.5) is 21.9 Å². The van der Waals surface area contributed by atoms with Crippen molar-refractivity contribution in [3.05, 3.63) is 54.1 Å². The Labute approximate surface area is 209 Å². The Balaban J connectivity index is 1.48. The molecule has 35 heavy (non-hydrogen) atoms. The second-order valence-corrected chi connectivity index (χ2v) is 10.7. The lowest BCUT2D eigenvalue weighted by Gasteiger charge is -2.44. The number of hydrogen-bond donors (Lipinski definition) is 1. The molecule has 0 radical (unpaired) electrons. The van der Waals surface area contributed by atoms with Crippen LogP contribution in [0, 0.1) is 5.92 Å². The molecule has 2 aromatic carbocycles. The van der Waals surface area contributed by atoms with E-state index in [-0.39, 0.29) is 30.0 Å². The summed E-state index contributed by atoms with van der Waals surface area (Å²) in [5.74, 6) is 0.303. The third-order valence-corrected chi connectivity index (χ3v) is 7.03. The maximum atomic E-state index is 12.4. The molecule has 7 nitrogen and oxygen atoms in total. The van der Waals surface area contributed by atoms with E-state index in [9.17, 15) is 9.59 Å². The SMILES string of the molecule is CC(=O)N1c2ccccc2C(Nc2cccc(N3CCN(C(=O)OC(C)(C)C)CC3)c2)C(C)[C@@H]1C. The number of rotatable bonds is 3. The predicted octanol–water partition coefficient (Wildman–Crippen LogP) is 5.29. The molecule has 0 saturated carbocycles. The summed E-state index contributed by atoms with van der Waals surface area (Å²) in [4.78, 5) is 30.8. The molecule has 7 heteroatoms. The summed E-state index contributed by atoms with van der Waals surface area (Å²) in [6.07, 6.45) is -0.244. The van der Waals surface area contributed by atoms with Gasteiger partial charge in [-0.05, 0) is 57.5 Å². The fourth-order valence-electron chi connectivity index (χ4n) is 5.10. The van der Waals surface area contributed by atoms with E-state index >= 15 is 0 Å². The monoisotopic (exact) mass is 478 g/mol. The molecule has 2 aliphatic rings. The van der Waals surface area contributed by atoms with Gasteiger partial charge in [0.15, 0.2) is 0 Å². The minimum absolute atomic E-state index is 0.0720. The van der Waals surface area contributed by atoms with E-state index in [1.165, 1.54) is 0 Å². The highest BCUT2D eigenvalue weighted by atomic mass is 16.6. The maximum absolute atomic E-state index is 12.4. The van der Waals surface area contributed by atoms with Gasteiger partial charge in [0.05, 0.1) is 6.04 Å². The third kappa shape index (κ3) is 5.39. The van der Waals surface area contributed by atoms with Gasteiger partial charge in [0.2, 0.25) is 5.91 Å². The van der Waals surface area contributed by atoms with Gasteiger partial charge in [-0.2, -0.15) is 0 Å². The standard InChI is InChI=1S/C28H38N4O3/c1-19-20(2)32(21(3)33)25-13-8-7-12-24(25)26(19)29-22-10-9-11-23(18-22)30-14-16-31(17-15-30)27(34)35-28(4,5)6/h7-13,18-20,26,29H,14-17H2,1-6H3/t19?,20-,26?/m0/s1. The van der Waals surface area contributed by atoms with Gasteiger partial charge in [0.25, 0.3) is 0 Å². The second kappa shape index (κ2) is 9.80. The zero-order chi connectivity index (χ0) is 25.3. The minimum Gasteiger partial charge on any atom is -0.444 e. The van der Waals surface area contributed by atoms with Gasteiger partial charge in [-0.3, -0.25) is 4.79 Å². The lowest BCUT2D eigenvalue weighted by molar-refractivity contribution is -0.117. The van der Waals surface area contributed by atoms with Crippen LogP contribution in [0.3, 0.4) is 0 Å². The number of para-hydroxylation sites is 1. The molecular formula is C28H38N4O3. The number of nitrogens with one attached hydrogen (secondary N) is 1. The maximum Gasteiger partial charge on any atom is 0.410 e. The normalized spacial score (nSPS) is 22.5. The highest BCUT2D eigenvalue weighted by Gasteiger charge is 2.38. The predicted molar refractivity (Wildman–Crippen MR) is 141 cm³/mol. The molecular weight excluding hydrogens is 440 g/mol. The van der Waals surface area contributed by atoms with Gasteiger partial charge in [0, 0.05) is 62.1 Å². The number of benzene rings is 2. The highest BCUT2D eigenvalue weighted by molar-refractivity contribution is 5.94. The van der Waals surface area contributed by atoms with Crippen LogP contribution in [-0.2, 0) is 9.53 Å². The van der Waals surface area contributed by atoms with Crippen molar-refractivity contribution in [2.24, 2.45) is 5.92 Å². The lowest BCUT2D eigenvalue weighted by Crippen LogP contribution is -2.50. The number of anilines is 3. The molecule has 2 aliphatic heterocycles. The fraction of sp³-hybridized carbons (Fsp3) is 0.500. The molecule has 0 aromatic heterocycles. The summed E-state index contributed by atoms with van der Waals surface area (Å²) in [5.41, 5.74) is 3.82. The van der Waals surface area contributed by atoms with Gasteiger partial charge >= 0.3 is 6.09 Å². The van der Waals surface area contributed by atoms with Crippen LogP contribution in [0.1, 0.15) is 53.1 Å². The molecule has 2 heterocycles. The van der Waals surface area contributed by atoms with E-state index in [0.29, 0.717) is 13.1 Å². The van der Waals surface area contributed by atoms with E-state index in [1.807, 2.05) is 43.9 Å². The quantitative estimate of drug-likeness (QED) is 0.650. The Bertz CT molecular complexity index is 1070. The first-order chi connectivity index (χ1) is 16.5. The van der Waals surface area contributed by atoms with Crippen molar-refractivity contribution < 1.29 is 14.3 Å². The first-order valence-electron chi connectivity index (χ1n) is 12.5. The molecule has 4 rings (SSSR count). The molecule has 2 unspecified atom stereocenters. The number of carbonyl (C=O) groups is 2. The Morgan fingerprint density at radius 1 is 0.971 bits per heavy atom. The first kappa shape index (κ1) is 24.9. The van der Waals surface area contributed by atoms with Gasteiger partial charge < -0.3 is 24.8 Å². The van der Waals surface area contributed by atoms with Gasteiger partial charge in [0.1, 0.15) is 5.60 Å². The summed E-state index contributed by atoms with van der Waals surface area (Å²) >= 11 is 0. The van der Waals surface area contributed by atoms with Crippen molar-refractivity contribution in [3.63, 3.8) is 0 Å². The number of carbonyl (C=O) groups excluding carboxylic acids is 2.